The van der Waals surface area contributed by atoms with Gasteiger partial charge in [-0.1, -0.05) is 42.4 Å². The average molecular weight is 325 g/mol. The summed E-state index contributed by atoms with van der Waals surface area (Å²) in [5, 5.41) is 10.9. The Bertz CT molecular complexity index is 809. The molecule has 2 heterocycles. The minimum Gasteiger partial charge on any atom is -0.355 e. The van der Waals surface area contributed by atoms with E-state index < -0.39 is 0 Å². The van der Waals surface area contributed by atoms with Crippen molar-refractivity contribution in [3.63, 3.8) is 0 Å². The summed E-state index contributed by atoms with van der Waals surface area (Å²) in [6, 6.07) is 9.21. The number of hydrogen-bond donors (Lipinski definition) is 1. The van der Waals surface area contributed by atoms with Crippen LogP contribution in [0.2, 0.25) is 0 Å². The maximum atomic E-state index is 12.7. The van der Waals surface area contributed by atoms with Crippen molar-refractivity contribution in [1.82, 2.24) is 25.2 Å². The van der Waals surface area contributed by atoms with Gasteiger partial charge in [0, 0.05) is 12.1 Å². The van der Waals surface area contributed by atoms with Crippen LogP contribution in [0.15, 0.2) is 47.4 Å². The van der Waals surface area contributed by atoms with E-state index >= 15 is 0 Å². The van der Waals surface area contributed by atoms with Crippen molar-refractivity contribution in [3.8, 4) is 11.3 Å². The van der Waals surface area contributed by atoms with Crippen molar-refractivity contribution >= 4 is 5.91 Å². The smallest absolute Gasteiger partial charge is 0.257 e. The molecule has 0 aliphatic heterocycles. The number of benzene rings is 1. The van der Waals surface area contributed by atoms with Crippen molar-refractivity contribution in [2.24, 2.45) is 0 Å². The van der Waals surface area contributed by atoms with Crippen LogP contribution in [-0.2, 0) is 6.54 Å². The molecule has 1 amide bonds. The third kappa shape index (κ3) is 3.05. The van der Waals surface area contributed by atoms with E-state index in [-0.39, 0.29) is 11.9 Å². The molecule has 3 rings (SSSR count). The summed E-state index contributed by atoms with van der Waals surface area (Å²) in [4.78, 5) is 17.0. The number of amides is 1. The van der Waals surface area contributed by atoms with Crippen LogP contribution < -0.4 is 5.32 Å². The fourth-order valence-electron chi connectivity index (χ4n) is 2.57. The SMILES string of the molecule is CCC(NC(=O)c1cnoc1-c1ccccc1)c1ncnn1CC. The summed E-state index contributed by atoms with van der Waals surface area (Å²) in [5.74, 6) is 0.957. The number of aryl methyl sites for hydroxylation is 1. The van der Waals surface area contributed by atoms with Gasteiger partial charge in [-0.05, 0) is 13.3 Å². The maximum absolute atomic E-state index is 12.7. The molecule has 7 heteroatoms. The number of nitrogens with one attached hydrogen (secondary N) is 1. The van der Waals surface area contributed by atoms with Crippen LogP contribution in [0, 0.1) is 0 Å². The van der Waals surface area contributed by atoms with E-state index in [9.17, 15) is 4.79 Å². The standard InChI is InChI=1S/C17H19N5O2/c1-3-14(16-18-11-19-22(16)4-2)21-17(23)13-10-20-24-15(13)12-8-6-5-7-9-12/h5-11,14H,3-4H2,1-2H3,(H,21,23). The summed E-state index contributed by atoms with van der Waals surface area (Å²) in [6.45, 7) is 4.68. The average Bonchev–Trinajstić information content (AvgIpc) is 3.29. The first kappa shape index (κ1) is 15.9. The Kier molecular flexibility index (Phi) is 4.69. The second-order valence-electron chi connectivity index (χ2n) is 5.30. The highest BCUT2D eigenvalue weighted by molar-refractivity contribution is 5.99. The molecule has 1 unspecified atom stereocenters. The highest BCUT2D eigenvalue weighted by Gasteiger charge is 2.23. The monoisotopic (exact) mass is 325 g/mol. The highest BCUT2D eigenvalue weighted by Crippen LogP contribution is 2.24. The maximum Gasteiger partial charge on any atom is 0.257 e. The van der Waals surface area contributed by atoms with E-state index in [1.54, 1.807) is 4.68 Å². The lowest BCUT2D eigenvalue weighted by molar-refractivity contribution is 0.0933. The van der Waals surface area contributed by atoms with E-state index in [0.717, 1.165) is 11.4 Å². The van der Waals surface area contributed by atoms with Gasteiger partial charge >= 0.3 is 0 Å². The molecule has 1 aromatic carbocycles. The zero-order valence-electron chi connectivity index (χ0n) is 13.6. The number of carbonyl (C=O) groups excluding carboxylic acids is 1. The van der Waals surface area contributed by atoms with Crippen LogP contribution in [0.4, 0.5) is 0 Å². The van der Waals surface area contributed by atoms with Gasteiger partial charge in [0.2, 0.25) is 0 Å². The van der Waals surface area contributed by atoms with Crippen LogP contribution in [0.25, 0.3) is 11.3 Å². The first-order valence-corrected chi connectivity index (χ1v) is 7.93. The minimum absolute atomic E-state index is 0.224. The molecule has 0 radical (unpaired) electrons. The summed E-state index contributed by atoms with van der Waals surface area (Å²) < 4.78 is 7.06. The molecule has 124 valence electrons. The predicted molar refractivity (Wildman–Crippen MR) is 88.1 cm³/mol. The van der Waals surface area contributed by atoms with E-state index in [1.165, 1.54) is 12.5 Å². The Labute approximate surface area is 139 Å². The Morgan fingerprint density at radius 1 is 1.29 bits per heavy atom. The van der Waals surface area contributed by atoms with Gasteiger partial charge in [-0.3, -0.25) is 4.79 Å². The lowest BCUT2D eigenvalue weighted by Crippen LogP contribution is -2.30. The number of hydrogen-bond acceptors (Lipinski definition) is 5. The van der Waals surface area contributed by atoms with E-state index in [1.807, 2.05) is 44.2 Å². The van der Waals surface area contributed by atoms with Crippen LogP contribution in [0.5, 0.6) is 0 Å². The van der Waals surface area contributed by atoms with E-state index in [2.05, 4.69) is 20.6 Å². The second-order valence-corrected chi connectivity index (χ2v) is 5.30. The number of carbonyl (C=O) groups is 1. The number of aromatic nitrogens is 4. The van der Waals surface area contributed by atoms with Gasteiger partial charge in [0.25, 0.3) is 5.91 Å². The second kappa shape index (κ2) is 7.08. The molecular formula is C17H19N5O2. The van der Waals surface area contributed by atoms with Gasteiger partial charge in [0.1, 0.15) is 17.7 Å². The Hall–Kier alpha value is -2.96. The van der Waals surface area contributed by atoms with E-state index in [4.69, 9.17) is 4.52 Å². The third-order valence-corrected chi connectivity index (χ3v) is 3.82. The number of rotatable bonds is 6. The Morgan fingerprint density at radius 2 is 2.08 bits per heavy atom. The van der Waals surface area contributed by atoms with Crippen LogP contribution in [0.1, 0.15) is 42.5 Å². The summed E-state index contributed by atoms with van der Waals surface area (Å²) in [5.41, 5.74) is 1.21. The molecular weight excluding hydrogens is 306 g/mol. The van der Waals surface area contributed by atoms with Gasteiger partial charge in [-0.15, -0.1) is 0 Å². The van der Waals surface area contributed by atoms with Crippen molar-refractivity contribution in [2.75, 3.05) is 0 Å². The molecule has 24 heavy (non-hydrogen) atoms. The molecule has 7 nitrogen and oxygen atoms in total. The molecule has 1 N–H and O–H groups in total. The van der Waals surface area contributed by atoms with Gasteiger partial charge in [0.15, 0.2) is 5.76 Å². The minimum atomic E-state index is -0.243. The summed E-state index contributed by atoms with van der Waals surface area (Å²) in [6.07, 6.45) is 3.65. The summed E-state index contributed by atoms with van der Waals surface area (Å²) >= 11 is 0. The molecule has 0 aliphatic carbocycles. The zero-order valence-corrected chi connectivity index (χ0v) is 13.6. The van der Waals surface area contributed by atoms with Crippen LogP contribution >= 0.6 is 0 Å². The van der Waals surface area contributed by atoms with Crippen molar-refractivity contribution < 1.29 is 9.32 Å². The van der Waals surface area contributed by atoms with Crippen LogP contribution in [-0.4, -0.2) is 25.8 Å². The van der Waals surface area contributed by atoms with Gasteiger partial charge in [0.05, 0.1) is 12.2 Å². The van der Waals surface area contributed by atoms with Crippen molar-refractivity contribution in [2.45, 2.75) is 32.9 Å². The number of nitrogens with zero attached hydrogens (tertiary/aromatic N) is 4. The largest absolute Gasteiger partial charge is 0.355 e. The molecule has 0 bridgehead atoms. The van der Waals surface area contributed by atoms with E-state index in [0.29, 0.717) is 24.3 Å². The van der Waals surface area contributed by atoms with Gasteiger partial charge in [-0.25, -0.2) is 9.67 Å². The predicted octanol–water partition coefficient (Wildman–Crippen LogP) is 2.83. The molecule has 2 aromatic heterocycles. The summed E-state index contributed by atoms with van der Waals surface area (Å²) in [7, 11) is 0. The molecule has 0 fully saturated rings. The molecule has 3 aromatic rings. The molecule has 0 spiro atoms. The van der Waals surface area contributed by atoms with Crippen molar-refractivity contribution in [1.29, 1.82) is 0 Å². The van der Waals surface area contributed by atoms with Gasteiger partial charge in [-0.2, -0.15) is 5.10 Å². The lowest BCUT2D eigenvalue weighted by atomic mass is 10.1. The van der Waals surface area contributed by atoms with Crippen LogP contribution in [0.3, 0.4) is 0 Å². The lowest BCUT2D eigenvalue weighted by Gasteiger charge is -2.16. The quantitative estimate of drug-likeness (QED) is 0.753. The molecule has 0 saturated carbocycles. The Balaban J connectivity index is 1.84. The first-order chi connectivity index (χ1) is 11.7. The normalized spacial score (nSPS) is 12.1. The zero-order chi connectivity index (χ0) is 16.9. The fourth-order valence-corrected chi connectivity index (χ4v) is 2.57. The molecule has 0 saturated heterocycles. The third-order valence-electron chi connectivity index (χ3n) is 3.82. The fraction of sp³-hybridized carbons (Fsp3) is 0.294. The van der Waals surface area contributed by atoms with Crippen molar-refractivity contribution in [3.05, 3.63) is 54.2 Å². The highest BCUT2D eigenvalue weighted by atomic mass is 16.5. The molecule has 0 aliphatic rings. The first-order valence-electron chi connectivity index (χ1n) is 7.93. The molecule has 1 atom stereocenters. The topological polar surface area (TPSA) is 85.8 Å². The van der Waals surface area contributed by atoms with Gasteiger partial charge < -0.3 is 9.84 Å². The Morgan fingerprint density at radius 3 is 2.79 bits per heavy atom.